The molecule has 0 fully saturated rings. The van der Waals surface area contributed by atoms with E-state index < -0.39 is 5.92 Å². The van der Waals surface area contributed by atoms with Gasteiger partial charge in [-0.1, -0.05) is 55.8 Å². The Labute approximate surface area is 241 Å². The number of carbonyl (C=O) groups is 2. The minimum atomic E-state index is -0.431. The summed E-state index contributed by atoms with van der Waals surface area (Å²) in [5.74, 6) is 0.913. The van der Waals surface area contributed by atoms with Crippen LogP contribution >= 0.6 is 31.9 Å². The van der Waals surface area contributed by atoms with Crippen molar-refractivity contribution in [2.45, 2.75) is 65.9 Å². The van der Waals surface area contributed by atoms with Gasteiger partial charge in [-0.3, -0.25) is 9.59 Å². The third-order valence-electron chi connectivity index (χ3n) is 7.60. The highest BCUT2D eigenvalue weighted by atomic mass is 79.9. The minimum Gasteiger partial charge on any atom is -0.493 e. The number of carbonyl (C=O) groups excluding carboxylic acids is 2. The lowest BCUT2D eigenvalue weighted by Crippen LogP contribution is -2.42. The van der Waals surface area contributed by atoms with Gasteiger partial charge in [0, 0.05) is 45.8 Å². The quantitative estimate of drug-likeness (QED) is 0.361. The van der Waals surface area contributed by atoms with E-state index in [-0.39, 0.29) is 22.4 Å². The second kappa shape index (κ2) is 9.98. The molecule has 0 spiro atoms. The van der Waals surface area contributed by atoms with Gasteiger partial charge in [-0.05, 0) is 75.0 Å². The maximum atomic E-state index is 13.6. The number of rotatable bonds is 5. The SMILES string of the molecule is COc1cc(C2C3=C(CC(C)(C)CC3=O)NC3=C2C(=O)CC(C)(C)C3)cc(Br)c1OCc1ccc(Br)cc1. The topological polar surface area (TPSA) is 64.6 Å². The van der Waals surface area contributed by atoms with Gasteiger partial charge in [0.15, 0.2) is 23.1 Å². The number of benzene rings is 2. The summed E-state index contributed by atoms with van der Waals surface area (Å²) in [6, 6.07) is 11.9. The number of allylic oxidation sites excluding steroid dienone is 4. The van der Waals surface area contributed by atoms with Gasteiger partial charge in [-0.25, -0.2) is 0 Å². The van der Waals surface area contributed by atoms with E-state index in [1.807, 2.05) is 36.4 Å². The lowest BCUT2D eigenvalue weighted by atomic mass is 9.64. The van der Waals surface area contributed by atoms with Crippen LogP contribution in [0.25, 0.3) is 0 Å². The number of Topliss-reactive ketones (excluding diaryl/α,β-unsaturated/α-hetero) is 2. The fourth-order valence-corrected chi connectivity index (χ4v) is 6.84. The van der Waals surface area contributed by atoms with E-state index in [9.17, 15) is 9.59 Å². The Morgan fingerprint density at radius 2 is 1.42 bits per heavy atom. The average Bonchev–Trinajstić information content (AvgIpc) is 2.81. The van der Waals surface area contributed by atoms with Gasteiger partial charge in [-0.2, -0.15) is 0 Å². The van der Waals surface area contributed by atoms with Gasteiger partial charge in [0.2, 0.25) is 0 Å². The number of ketones is 2. The smallest absolute Gasteiger partial charge is 0.175 e. The van der Waals surface area contributed by atoms with Crippen molar-refractivity contribution < 1.29 is 19.1 Å². The number of halogens is 2. The first kappa shape index (κ1) is 27.2. The zero-order valence-corrected chi connectivity index (χ0v) is 25.6. The molecule has 0 saturated carbocycles. The van der Waals surface area contributed by atoms with E-state index >= 15 is 0 Å². The van der Waals surface area contributed by atoms with Crippen LogP contribution < -0.4 is 14.8 Å². The maximum Gasteiger partial charge on any atom is 0.175 e. The summed E-state index contributed by atoms with van der Waals surface area (Å²) < 4.78 is 13.7. The summed E-state index contributed by atoms with van der Waals surface area (Å²) in [7, 11) is 1.61. The van der Waals surface area contributed by atoms with Crippen molar-refractivity contribution in [3.05, 3.63) is 79.0 Å². The van der Waals surface area contributed by atoms with Crippen molar-refractivity contribution >= 4 is 43.4 Å². The molecule has 7 heteroatoms. The van der Waals surface area contributed by atoms with Crippen LogP contribution in [0.3, 0.4) is 0 Å². The highest BCUT2D eigenvalue weighted by Gasteiger charge is 2.46. The molecule has 0 unspecified atom stereocenters. The van der Waals surface area contributed by atoms with E-state index in [2.05, 4.69) is 64.9 Å². The molecule has 5 rings (SSSR count). The first-order valence-corrected chi connectivity index (χ1v) is 14.5. The molecule has 2 aliphatic carbocycles. The van der Waals surface area contributed by atoms with Crippen LogP contribution in [0.15, 0.2) is 67.9 Å². The van der Waals surface area contributed by atoms with Gasteiger partial charge >= 0.3 is 0 Å². The first-order valence-electron chi connectivity index (χ1n) is 12.9. The Morgan fingerprint density at radius 1 is 0.868 bits per heavy atom. The average molecular weight is 643 g/mol. The number of nitrogens with one attached hydrogen (secondary N) is 1. The summed E-state index contributed by atoms with van der Waals surface area (Å²) in [4.78, 5) is 27.2. The normalized spacial score (nSPS) is 20.6. The second-order valence-electron chi connectivity index (χ2n) is 12.2. The van der Waals surface area contributed by atoms with Crippen LogP contribution in [0.1, 0.15) is 70.4 Å². The van der Waals surface area contributed by atoms with Crippen LogP contribution in [0, 0.1) is 10.8 Å². The van der Waals surface area contributed by atoms with Crippen LogP contribution in [-0.2, 0) is 16.2 Å². The number of dihydropyridines is 1. The first-order chi connectivity index (χ1) is 17.9. The molecule has 0 radical (unpaired) electrons. The van der Waals surface area contributed by atoms with E-state index in [0.29, 0.717) is 42.1 Å². The summed E-state index contributed by atoms with van der Waals surface area (Å²) in [5.41, 5.74) is 4.94. The van der Waals surface area contributed by atoms with E-state index in [1.165, 1.54) is 0 Å². The Hall–Kier alpha value is -2.38. The molecule has 0 aromatic heterocycles. The number of hydrogen-bond acceptors (Lipinski definition) is 5. The molecule has 38 heavy (non-hydrogen) atoms. The van der Waals surface area contributed by atoms with Gasteiger partial charge in [0.25, 0.3) is 0 Å². The monoisotopic (exact) mass is 641 g/mol. The Bertz CT molecular complexity index is 1330. The standard InChI is InChI=1S/C31H33Br2NO4/c1-30(2)12-21-27(23(35)14-30)26(28-22(34-21)13-31(3,4)15-24(28)36)18-10-20(33)29(25(11-18)37-5)38-16-17-6-8-19(32)9-7-17/h6-11,26,34H,12-16H2,1-5H3. The van der Waals surface area contributed by atoms with Crippen molar-refractivity contribution in [1.29, 1.82) is 0 Å². The van der Waals surface area contributed by atoms with Gasteiger partial charge in [0.05, 0.1) is 11.6 Å². The van der Waals surface area contributed by atoms with Crippen molar-refractivity contribution in [2.75, 3.05) is 7.11 Å². The highest BCUT2D eigenvalue weighted by molar-refractivity contribution is 9.10. The molecule has 0 saturated heterocycles. The lowest BCUT2D eigenvalue weighted by Gasteiger charge is -2.44. The summed E-state index contributed by atoms with van der Waals surface area (Å²) in [6.07, 6.45) is 2.45. The Morgan fingerprint density at radius 3 is 1.95 bits per heavy atom. The molecule has 3 aliphatic rings. The van der Waals surface area contributed by atoms with E-state index in [4.69, 9.17) is 9.47 Å². The van der Waals surface area contributed by atoms with Gasteiger partial charge in [0.1, 0.15) is 6.61 Å². The molecule has 0 bridgehead atoms. The van der Waals surface area contributed by atoms with Crippen LogP contribution in [-0.4, -0.2) is 18.7 Å². The largest absolute Gasteiger partial charge is 0.493 e. The van der Waals surface area contributed by atoms with Crippen LogP contribution in [0.2, 0.25) is 0 Å². The molecule has 2 aromatic rings. The van der Waals surface area contributed by atoms with E-state index in [1.54, 1.807) is 7.11 Å². The number of hydrogen-bond donors (Lipinski definition) is 1. The second-order valence-corrected chi connectivity index (χ2v) is 13.9. The minimum absolute atomic E-state index is 0.101. The Kier molecular flexibility index (Phi) is 7.14. The van der Waals surface area contributed by atoms with Gasteiger partial charge in [-0.15, -0.1) is 0 Å². The zero-order chi connectivity index (χ0) is 27.4. The van der Waals surface area contributed by atoms with Gasteiger partial charge < -0.3 is 14.8 Å². The fourth-order valence-electron chi connectivity index (χ4n) is 6.00. The van der Waals surface area contributed by atoms with Crippen LogP contribution in [0.5, 0.6) is 11.5 Å². The van der Waals surface area contributed by atoms with Crippen molar-refractivity contribution in [3.63, 3.8) is 0 Å². The fraction of sp³-hybridized carbons (Fsp3) is 0.419. The molecular formula is C31H33Br2NO4. The highest BCUT2D eigenvalue weighted by Crippen LogP contribution is 2.52. The predicted octanol–water partition coefficient (Wildman–Crippen LogP) is 7.77. The van der Waals surface area contributed by atoms with Crippen molar-refractivity contribution in [1.82, 2.24) is 5.32 Å². The molecule has 1 heterocycles. The third kappa shape index (κ3) is 5.24. The zero-order valence-electron chi connectivity index (χ0n) is 22.5. The molecule has 200 valence electrons. The van der Waals surface area contributed by atoms with Crippen LogP contribution in [0.4, 0.5) is 0 Å². The predicted molar refractivity (Wildman–Crippen MR) is 155 cm³/mol. The Balaban J connectivity index is 1.59. The molecule has 2 aromatic carbocycles. The summed E-state index contributed by atoms with van der Waals surface area (Å²) >= 11 is 7.17. The van der Waals surface area contributed by atoms with Crippen molar-refractivity contribution in [2.24, 2.45) is 10.8 Å². The summed E-state index contributed by atoms with van der Waals surface area (Å²) in [5, 5.41) is 3.57. The summed E-state index contributed by atoms with van der Waals surface area (Å²) in [6.45, 7) is 8.89. The molecule has 5 nitrogen and oxygen atoms in total. The van der Waals surface area contributed by atoms with E-state index in [0.717, 1.165) is 44.3 Å². The lowest BCUT2D eigenvalue weighted by molar-refractivity contribution is -0.119. The number of methoxy groups -OCH3 is 1. The molecule has 0 atom stereocenters. The number of ether oxygens (including phenoxy) is 2. The molecule has 0 amide bonds. The third-order valence-corrected chi connectivity index (χ3v) is 8.72. The molecule has 1 N–H and O–H groups in total. The van der Waals surface area contributed by atoms with Crippen molar-refractivity contribution in [3.8, 4) is 11.5 Å². The molecule has 1 aliphatic heterocycles. The molecular weight excluding hydrogens is 610 g/mol. The maximum absolute atomic E-state index is 13.6.